The van der Waals surface area contributed by atoms with Gasteiger partial charge in [0, 0.05) is 41.4 Å². The van der Waals surface area contributed by atoms with Crippen molar-refractivity contribution < 1.29 is 60.0 Å². The number of phenols is 2. The molecule has 0 radical (unpaired) electrons. The number of rotatable bonds is 16. The molecular weight excluding hydrogens is 624 g/mol. The highest BCUT2D eigenvalue weighted by molar-refractivity contribution is 5.81. The van der Waals surface area contributed by atoms with Crippen LogP contribution in [0.1, 0.15) is 77.2 Å². The summed E-state index contributed by atoms with van der Waals surface area (Å²) in [7, 11) is 0. The Balaban J connectivity index is 0. The number of carboxylic acid groups (broad SMARTS) is 4. The van der Waals surface area contributed by atoms with Gasteiger partial charge in [0.25, 0.3) is 0 Å². The number of phenolic OH excluding ortho intramolecular Hbond substituents is 2. The van der Waals surface area contributed by atoms with Crippen LogP contribution < -0.4 is 0 Å². The van der Waals surface area contributed by atoms with Crippen molar-refractivity contribution in [1.82, 2.24) is 0 Å². The monoisotopic (exact) mass is 674 g/mol. The molecule has 0 spiro atoms. The lowest BCUT2D eigenvalue weighted by molar-refractivity contribution is -0.132. The number of carboxylic acids is 4. The number of aromatic hydroxyl groups is 2. The SMILES string of the molecule is C=CC(=O)O.C=CC(=O)O.CCCCCCC1(C=CC(=O)O)C=CC(O)=C(C=CC(=O)O)C1O.CCCCCCc1ccc(O)cc1O. The third-order valence-electron chi connectivity index (χ3n) is 6.77. The Bertz CT molecular complexity index is 1290. The summed E-state index contributed by atoms with van der Waals surface area (Å²) in [6, 6.07) is 4.81. The first-order valence-electron chi connectivity index (χ1n) is 15.5. The third-order valence-corrected chi connectivity index (χ3v) is 6.77. The molecule has 0 aromatic heterocycles. The van der Waals surface area contributed by atoms with Crippen LogP contribution in [0.5, 0.6) is 11.5 Å². The average molecular weight is 675 g/mol. The number of unbranched alkanes of at least 4 members (excludes halogenated alkanes) is 6. The largest absolute Gasteiger partial charge is 0.508 e. The van der Waals surface area contributed by atoms with Crippen LogP contribution in [-0.2, 0) is 25.6 Å². The fraction of sp³-hybridized carbons (Fsp3) is 0.389. The van der Waals surface area contributed by atoms with Crippen molar-refractivity contribution in [3.63, 3.8) is 0 Å². The molecule has 0 saturated carbocycles. The van der Waals surface area contributed by atoms with E-state index >= 15 is 0 Å². The van der Waals surface area contributed by atoms with Gasteiger partial charge in [-0.1, -0.05) is 90.2 Å². The van der Waals surface area contributed by atoms with E-state index in [2.05, 4.69) is 27.0 Å². The summed E-state index contributed by atoms with van der Waals surface area (Å²) < 4.78 is 0. The number of allylic oxidation sites excluding steroid dienone is 1. The molecule has 2 atom stereocenters. The van der Waals surface area contributed by atoms with Crippen molar-refractivity contribution in [3.8, 4) is 11.5 Å². The van der Waals surface area contributed by atoms with Gasteiger partial charge in [0.1, 0.15) is 17.3 Å². The number of aliphatic hydroxyl groups excluding tert-OH is 2. The predicted octanol–water partition coefficient (Wildman–Crippen LogP) is 6.70. The first-order valence-corrected chi connectivity index (χ1v) is 15.5. The van der Waals surface area contributed by atoms with Crippen LogP contribution in [0.4, 0.5) is 0 Å². The first kappa shape index (κ1) is 45.0. The molecule has 2 rings (SSSR count). The Hall–Kier alpha value is -5.10. The maximum Gasteiger partial charge on any atom is 0.328 e. The summed E-state index contributed by atoms with van der Waals surface area (Å²) in [5, 5.41) is 72.0. The van der Waals surface area contributed by atoms with Crippen LogP contribution >= 0.6 is 0 Å². The van der Waals surface area contributed by atoms with Crippen LogP contribution in [-0.4, -0.2) is 70.8 Å². The van der Waals surface area contributed by atoms with Crippen molar-refractivity contribution in [2.75, 3.05) is 0 Å². The quantitative estimate of drug-likeness (QED) is 0.0676. The van der Waals surface area contributed by atoms with Crippen molar-refractivity contribution in [1.29, 1.82) is 0 Å². The molecule has 1 aromatic carbocycles. The molecule has 8 N–H and O–H groups in total. The minimum Gasteiger partial charge on any atom is -0.508 e. The standard InChI is InChI=1S/C18H24O6.C12H18O2.2C3H4O2/c1-2-3-4-5-10-18(12-9-16(22)23)11-8-14(19)13(17(18)24)6-7-15(20)21;1-2-3-4-5-6-10-7-8-11(13)9-12(10)14;2*1-2-3(4)5/h6-9,11-12,17,19,24H,2-5,10H2,1H3,(H,20,21)(H,22,23);7-9,13-14H,2-6H2,1H3;2*2H,1H2,(H,4,5). The minimum absolute atomic E-state index is 0.0606. The fourth-order valence-corrected chi connectivity index (χ4v) is 4.23. The predicted molar refractivity (Wildman–Crippen MR) is 183 cm³/mol. The maximum atomic E-state index is 10.9. The van der Waals surface area contributed by atoms with Gasteiger partial charge in [0.05, 0.1) is 6.10 Å². The van der Waals surface area contributed by atoms with E-state index in [4.69, 9.17) is 25.5 Å². The average Bonchev–Trinajstić information content (AvgIpc) is 3.03. The molecule has 48 heavy (non-hydrogen) atoms. The van der Waals surface area contributed by atoms with Gasteiger partial charge in [-0.15, -0.1) is 0 Å². The highest BCUT2D eigenvalue weighted by Gasteiger charge is 2.38. The molecule has 2 unspecified atom stereocenters. The zero-order chi connectivity index (χ0) is 37.1. The zero-order valence-electron chi connectivity index (χ0n) is 27.6. The molecule has 1 aliphatic rings. The Morgan fingerprint density at radius 2 is 1.29 bits per heavy atom. The lowest BCUT2D eigenvalue weighted by atomic mass is 9.71. The smallest absolute Gasteiger partial charge is 0.328 e. The van der Waals surface area contributed by atoms with E-state index in [1.165, 1.54) is 37.5 Å². The van der Waals surface area contributed by atoms with Crippen LogP contribution in [0.3, 0.4) is 0 Å². The first-order chi connectivity index (χ1) is 22.6. The molecule has 12 nitrogen and oxygen atoms in total. The van der Waals surface area contributed by atoms with Crippen molar-refractivity contribution in [3.05, 3.63) is 96.9 Å². The summed E-state index contributed by atoms with van der Waals surface area (Å²) in [6.45, 7) is 10.2. The highest BCUT2D eigenvalue weighted by atomic mass is 16.4. The van der Waals surface area contributed by atoms with Crippen LogP contribution in [0.25, 0.3) is 0 Å². The van der Waals surface area contributed by atoms with Crippen molar-refractivity contribution in [2.24, 2.45) is 5.41 Å². The number of aliphatic carboxylic acids is 4. The molecule has 12 heteroatoms. The number of aryl methyl sites for hydroxylation is 1. The molecule has 0 bridgehead atoms. The lowest BCUT2D eigenvalue weighted by Gasteiger charge is -2.36. The third kappa shape index (κ3) is 20.8. The Morgan fingerprint density at radius 3 is 1.75 bits per heavy atom. The van der Waals surface area contributed by atoms with Crippen molar-refractivity contribution >= 4 is 23.9 Å². The van der Waals surface area contributed by atoms with Gasteiger partial charge in [0.15, 0.2) is 0 Å². The second-order valence-electron chi connectivity index (χ2n) is 10.6. The molecular formula is C36H50O12. The zero-order valence-corrected chi connectivity index (χ0v) is 27.6. The molecule has 0 amide bonds. The Morgan fingerprint density at radius 1 is 0.771 bits per heavy atom. The molecule has 1 aromatic rings. The van der Waals surface area contributed by atoms with Crippen LogP contribution in [0.2, 0.25) is 0 Å². The number of hydrogen-bond donors (Lipinski definition) is 8. The minimum atomic E-state index is -1.23. The number of benzene rings is 1. The van der Waals surface area contributed by atoms with E-state index in [-0.39, 0.29) is 22.8 Å². The van der Waals surface area contributed by atoms with Crippen LogP contribution in [0.15, 0.2) is 91.3 Å². The summed E-state index contributed by atoms with van der Waals surface area (Å²) in [5.74, 6) is -4.19. The highest BCUT2D eigenvalue weighted by Crippen LogP contribution is 2.40. The molecule has 0 heterocycles. The van der Waals surface area contributed by atoms with E-state index in [1.54, 1.807) is 18.2 Å². The maximum absolute atomic E-state index is 10.9. The van der Waals surface area contributed by atoms with E-state index in [1.807, 2.05) is 0 Å². The van der Waals surface area contributed by atoms with Gasteiger partial charge >= 0.3 is 23.9 Å². The summed E-state index contributed by atoms with van der Waals surface area (Å²) in [4.78, 5) is 40.1. The molecule has 0 saturated heterocycles. The van der Waals surface area contributed by atoms with Gasteiger partial charge in [-0.2, -0.15) is 0 Å². The summed E-state index contributed by atoms with van der Waals surface area (Å²) >= 11 is 0. The normalized spacial score (nSPS) is 16.4. The molecule has 266 valence electrons. The van der Waals surface area contributed by atoms with Gasteiger partial charge in [-0.3, -0.25) is 0 Å². The molecule has 0 fully saturated rings. The van der Waals surface area contributed by atoms with E-state index in [0.29, 0.717) is 6.42 Å². The molecule has 1 aliphatic carbocycles. The molecule has 0 aliphatic heterocycles. The summed E-state index contributed by atoms with van der Waals surface area (Å²) in [6.07, 6.45) is 17.7. The fourth-order valence-electron chi connectivity index (χ4n) is 4.23. The van der Waals surface area contributed by atoms with Crippen LogP contribution in [0, 0.1) is 5.41 Å². The van der Waals surface area contributed by atoms with Gasteiger partial charge in [-0.05, 0) is 43.0 Å². The number of aliphatic hydroxyl groups is 2. The second kappa shape index (κ2) is 26.0. The Kier molecular flexibility index (Phi) is 24.4. The van der Waals surface area contributed by atoms with Gasteiger partial charge < -0.3 is 40.9 Å². The van der Waals surface area contributed by atoms with E-state index in [9.17, 15) is 34.5 Å². The van der Waals surface area contributed by atoms with E-state index < -0.39 is 35.4 Å². The number of hydrogen-bond acceptors (Lipinski definition) is 8. The van der Waals surface area contributed by atoms with Gasteiger partial charge in [-0.25, -0.2) is 19.2 Å². The van der Waals surface area contributed by atoms with E-state index in [0.717, 1.165) is 74.5 Å². The van der Waals surface area contributed by atoms with Gasteiger partial charge in [0.2, 0.25) is 0 Å². The Labute approximate surface area is 281 Å². The second-order valence-corrected chi connectivity index (χ2v) is 10.6. The number of carbonyl (C=O) groups is 4. The topological polar surface area (TPSA) is 230 Å². The summed E-state index contributed by atoms with van der Waals surface area (Å²) in [5.41, 5.74) is 0.000578. The lowest BCUT2D eigenvalue weighted by Crippen LogP contribution is -2.36. The van der Waals surface area contributed by atoms with Crippen molar-refractivity contribution in [2.45, 2.75) is 84.2 Å².